The molecule has 0 spiro atoms. The Kier molecular flexibility index (Phi) is 7.43. The molecule has 0 amide bonds. The summed E-state index contributed by atoms with van der Waals surface area (Å²) in [5.74, 6) is 2.08. The molecule has 2 aromatic heterocycles. The first kappa shape index (κ1) is 26.7. The monoisotopic (exact) mass is 571 g/mol. The molecule has 2 aliphatic heterocycles. The molecule has 0 saturated carbocycles. The highest BCUT2D eigenvalue weighted by Gasteiger charge is 2.42. The Morgan fingerprint density at radius 2 is 1.73 bits per heavy atom. The molecule has 6 nitrogen and oxygen atoms in total. The predicted octanol–water partition coefficient (Wildman–Crippen LogP) is 7.19. The number of hydrogen-bond donors (Lipinski definition) is 1. The number of pyridine rings is 1. The second-order valence-corrected chi connectivity index (χ2v) is 11.8. The molecule has 2 fully saturated rings. The first-order valence-electron chi connectivity index (χ1n) is 13.8. The van der Waals surface area contributed by atoms with Crippen LogP contribution in [0.4, 0.5) is 11.4 Å². The van der Waals surface area contributed by atoms with Crippen molar-refractivity contribution in [3.8, 4) is 11.4 Å². The molecule has 4 aromatic rings. The van der Waals surface area contributed by atoms with Gasteiger partial charge in [-0.3, -0.25) is 4.98 Å². The lowest BCUT2D eigenvalue weighted by Crippen LogP contribution is -2.38. The van der Waals surface area contributed by atoms with Crippen molar-refractivity contribution in [1.29, 1.82) is 0 Å². The maximum absolute atomic E-state index is 7.01. The molecular formula is C32H34ClN5OS. The van der Waals surface area contributed by atoms with Crippen molar-refractivity contribution in [2.45, 2.75) is 32.4 Å². The van der Waals surface area contributed by atoms with Crippen molar-refractivity contribution in [3.05, 3.63) is 102 Å². The van der Waals surface area contributed by atoms with Crippen LogP contribution in [0.25, 0.3) is 5.69 Å². The molecule has 2 aromatic carbocycles. The third-order valence-electron chi connectivity index (χ3n) is 7.95. The molecule has 1 N–H and O–H groups in total. The van der Waals surface area contributed by atoms with Crippen LogP contribution in [0.5, 0.6) is 5.75 Å². The maximum Gasteiger partial charge on any atom is 0.174 e. The van der Waals surface area contributed by atoms with Gasteiger partial charge in [0.25, 0.3) is 0 Å². The number of halogens is 1. The lowest BCUT2D eigenvalue weighted by molar-refractivity contribution is 0.357. The van der Waals surface area contributed by atoms with Gasteiger partial charge in [-0.1, -0.05) is 43.6 Å². The Labute approximate surface area is 246 Å². The molecule has 0 unspecified atom stereocenters. The fraction of sp³-hybridized carbons (Fsp3) is 0.312. The van der Waals surface area contributed by atoms with E-state index >= 15 is 0 Å². The molecule has 6 rings (SSSR count). The van der Waals surface area contributed by atoms with Crippen molar-refractivity contribution >= 4 is 40.3 Å². The van der Waals surface area contributed by atoms with E-state index in [1.165, 1.54) is 6.42 Å². The molecule has 0 aliphatic carbocycles. The van der Waals surface area contributed by atoms with E-state index in [0.29, 0.717) is 16.9 Å². The Balaban J connectivity index is 1.44. The van der Waals surface area contributed by atoms with Gasteiger partial charge in [-0.2, -0.15) is 0 Å². The van der Waals surface area contributed by atoms with Gasteiger partial charge < -0.3 is 24.4 Å². The molecule has 2 aliphatic rings. The summed E-state index contributed by atoms with van der Waals surface area (Å²) < 4.78 is 7.90. The topological polar surface area (TPSA) is 45.6 Å². The van der Waals surface area contributed by atoms with E-state index in [1.807, 2.05) is 42.6 Å². The molecule has 40 heavy (non-hydrogen) atoms. The number of hydrogen-bond acceptors (Lipinski definition) is 4. The number of piperidine rings is 1. The lowest BCUT2D eigenvalue weighted by Gasteiger charge is -2.37. The van der Waals surface area contributed by atoms with Gasteiger partial charge in [-0.25, -0.2) is 0 Å². The zero-order chi connectivity index (χ0) is 27.8. The maximum atomic E-state index is 7.01. The molecular weight excluding hydrogens is 538 g/mol. The van der Waals surface area contributed by atoms with Gasteiger partial charge in [-0.05, 0) is 85.1 Å². The molecule has 8 heteroatoms. The highest BCUT2D eigenvalue weighted by molar-refractivity contribution is 7.80. The largest absolute Gasteiger partial charge is 0.495 e. The fourth-order valence-electron chi connectivity index (χ4n) is 6.38. The Bertz CT molecular complexity index is 1500. The SMILES string of the molecule is COc1ccccc1-n1cccc1[C@@H]1[C@H](c2ccccn2)NC(=S)N1c1ccc(N2C[C@H](C)C[C@H](C)C2)c(Cl)c1. The minimum absolute atomic E-state index is 0.167. The van der Waals surface area contributed by atoms with Gasteiger partial charge in [0.15, 0.2) is 5.11 Å². The molecule has 206 valence electrons. The van der Waals surface area contributed by atoms with Gasteiger partial charge in [0.05, 0.1) is 35.2 Å². The van der Waals surface area contributed by atoms with Crippen molar-refractivity contribution in [2.75, 3.05) is 30.0 Å². The second-order valence-electron chi connectivity index (χ2n) is 11.0. The van der Waals surface area contributed by atoms with Crippen LogP contribution < -0.4 is 19.9 Å². The number of nitrogens with zero attached hydrogens (tertiary/aromatic N) is 4. The van der Waals surface area contributed by atoms with Crippen LogP contribution in [0.15, 0.2) is 85.2 Å². The Morgan fingerprint density at radius 1 is 0.950 bits per heavy atom. The Hall–Kier alpha value is -3.55. The van der Waals surface area contributed by atoms with Crippen LogP contribution in [0.3, 0.4) is 0 Å². The minimum Gasteiger partial charge on any atom is -0.495 e. The zero-order valence-electron chi connectivity index (χ0n) is 23.0. The molecule has 2 saturated heterocycles. The van der Waals surface area contributed by atoms with Crippen LogP contribution in [-0.2, 0) is 0 Å². The standard InChI is InChI=1S/C32H34ClN5OS/c1-21-17-22(2)20-36(19-21)26-14-13-23(18-24(26)33)38-31(30(35-32(38)40)25-9-6-7-15-34-25)28-11-8-16-37(28)27-10-4-5-12-29(27)39-3/h4-16,18,21-22,30-31H,17,19-20H2,1-3H3,(H,35,40)/t21-,22+,30-,31+/m0/s1. The van der Waals surface area contributed by atoms with Crippen LogP contribution in [-0.4, -0.2) is 34.9 Å². The van der Waals surface area contributed by atoms with Crippen molar-refractivity contribution in [2.24, 2.45) is 11.8 Å². The number of anilines is 2. The van der Waals surface area contributed by atoms with Crippen molar-refractivity contribution in [3.63, 3.8) is 0 Å². The summed E-state index contributed by atoms with van der Waals surface area (Å²) in [6, 6.07) is 24.2. The van der Waals surface area contributed by atoms with Crippen LogP contribution in [0.1, 0.15) is 43.7 Å². The normalized spacial score (nSPS) is 22.9. The summed E-state index contributed by atoms with van der Waals surface area (Å²) in [5, 5.41) is 4.94. The van der Waals surface area contributed by atoms with Gasteiger partial charge in [0.1, 0.15) is 11.8 Å². The van der Waals surface area contributed by atoms with Gasteiger partial charge in [0.2, 0.25) is 0 Å². The highest BCUT2D eigenvalue weighted by atomic mass is 35.5. The van der Waals surface area contributed by atoms with Gasteiger partial charge in [-0.15, -0.1) is 0 Å². The van der Waals surface area contributed by atoms with E-state index in [0.717, 1.165) is 52.3 Å². The molecule has 0 bridgehead atoms. The third-order valence-corrected chi connectivity index (χ3v) is 8.56. The minimum atomic E-state index is -0.181. The quantitative estimate of drug-likeness (QED) is 0.247. The number of thiocarbonyl (C=S) groups is 1. The average molecular weight is 572 g/mol. The average Bonchev–Trinajstić information content (AvgIpc) is 3.57. The van der Waals surface area contributed by atoms with Crippen LogP contribution in [0.2, 0.25) is 5.02 Å². The molecule has 4 heterocycles. The van der Waals surface area contributed by atoms with Gasteiger partial charge in [0, 0.05) is 36.9 Å². The summed E-state index contributed by atoms with van der Waals surface area (Å²) in [5.41, 5.74) is 4.97. The Morgan fingerprint density at radius 3 is 2.45 bits per heavy atom. The smallest absolute Gasteiger partial charge is 0.174 e. The van der Waals surface area contributed by atoms with Crippen LogP contribution >= 0.6 is 23.8 Å². The number of rotatable bonds is 6. The van der Waals surface area contributed by atoms with E-state index in [-0.39, 0.29) is 12.1 Å². The summed E-state index contributed by atoms with van der Waals surface area (Å²) in [4.78, 5) is 9.31. The first-order chi connectivity index (χ1) is 19.4. The summed E-state index contributed by atoms with van der Waals surface area (Å²) in [6.07, 6.45) is 5.14. The predicted molar refractivity (Wildman–Crippen MR) is 167 cm³/mol. The summed E-state index contributed by atoms with van der Waals surface area (Å²) in [7, 11) is 1.70. The summed E-state index contributed by atoms with van der Waals surface area (Å²) in [6.45, 7) is 6.67. The number of aromatic nitrogens is 2. The number of nitrogens with one attached hydrogen (secondary N) is 1. The van der Waals surface area contributed by atoms with Crippen molar-refractivity contribution < 1.29 is 4.74 Å². The van der Waals surface area contributed by atoms with E-state index in [1.54, 1.807) is 7.11 Å². The summed E-state index contributed by atoms with van der Waals surface area (Å²) >= 11 is 13.0. The first-order valence-corrected chi connectivity index (χ1v) is 14.6. The lowest BCUT2D eigenvalue weighted by atomic mass is 9.91. The van der Waals surface area contributed by atoms with Crippen molar-refractivity contribution in [1.82, 2.24) is 14.9 Å². The fourth-order valence-corrected chi connectivity index (χ4v) is 7.02. The number of methoxy groups -OCH3 is 1. The van der Waals surface area contributed by atoms with Gasteiger partial charge >= 0.3 is 0 Å². The van der Waals surface area contributed by atoms with E-state index in [9.17, 15) is 0 Å². The van der Waals surface area contributed by atoms with E-state index in [4.69, 9.17) is 33.5 Å². The molecule has 4 atom stereocenters. The second kappa shape index (κ2) is 11.1. The van der Waals surface area contributed by atoms with E-state index in [2.05, 4.69) is 76.1 Å². The zero-order valence-corrected chi connectivity index (χ0v) is 24.6. The third kappa shape index (κ3) is 4.93. The highest BCUT2D eigenvalue weighted by Crippen LogP contribution is 2.44. The molecule has 0 radical (unpaired) electrons. The number of benzene rings is 2. The van der Waals surface area contributed by atoms with Crippen LogP contribution in [0, 0.1) is 11.8 Å². The number of para-hydroxylation sites is 2. The van der Waals surface area contributed by atoms with E-state index < -0.39 is 0 Å². The number of ether oxygens (including phenoxy) is 1.